The van der Waals surface area contributed by atoms with E-state index in [1.807, 2.05) is 6.92 Å². The highest BCUT2D eigenvalue weighted by atomic mass is 16.5. The summed E-state index contributed by atoms with van der Waals surface area (Å²) in [6.07, 6.45) is 5.73. The standard InChI is InChI=1S/C15H22N4O2/c1-9-12(6-7-21-9)15(20)16-8-13-17-18-14(10-2-3-10)19(13)11-4-5-11/h9-12H,2-8H2,1H3,(H,16,20)/t9-,12+/m0/s1. The number of nitrogens with zero attached hydrogens (tertiary/aromatic N) is 3. The molecule has 1 N–H and O–H groups in total. The van der Waals surface area contributed by atoms with Gasteiger partial charge in [0.25, 0.3) is 0 Å². The monoisotopic (exact) mass is 290 g/mol. The Labute approximate surface area is 124 Å². The number of hydrogen-bond acceptors (Lipinski definition) is 4. The Hall–Kier alpha value is -1.43. The number of rotatable bonds is 5. The summed E-state index contributed by atoms with van der Waals surface area (Å²) in [7, 11) is 0. The van der Waals surface area contributed by atoms with Crippen molar-refractivity contribution in [3.05, 3.63) is 11.6 Å². The number of ether oxygens (including phenoxy) is 1. The van der Waals surface area contributed by atoms with Crippen molar-refractivity contribution in [2.45, 2.75) is 63.6 Å². The lowest BCUT2D eigenvalue weighted by atomic mass is 10.0. The van der Waals surface area contributed by atoms with Gasteiger partial charge in [-0.1, -0.05) is 0 Å². The molecule has 1 aromatic heterocycles. The smallest absolute Gasteiger partial charge is 0.226 e. The van der Waals surface area contributed by atoms with Gasteiger partial charge >= 0.3 is 0 Å². The van der Waals surface area contributed by atoms with Crippen LogP contribution in [0.3, 0.4) is 0 Å². The SMILES string of the molecule is C[C@@H]1OCC[C@H]1C(=O)NCc1nnc(C2CC2)n1C1CC1. The lowest BCUT2D eigenvalue weighted by Crippen LogP contribution is -2.34. The molecule has 0 spiro atoms. The first-order chi connectivity index (χ1) is 10.2. The molecule has 1 saturated heterocycles. The van der Waals surface area contributed by atoms with Gasteiger partial charge in [0, 0.05) is 18.6 Å². The zero-order chi connectivity index (χ0) is 14.4. The molecule has 6 heteroatoms. The lowest BCUT2D eigenvalue weighted by molar-refractivity contribution is -0.126. The Kier molecular flexibility index (Phi) is 3.21. The van der Waals surface area contributed by atoms with Crippen LogP contribution in [-0.4, -0.2) is 33.4 Å². The summed E-state index contributed by atoms with van der Waals surface area (Å²) in [5.41, 5.74) is 0. The van der Waals surface area contributed by atoms with Crippen molar-refractivity contribution < 1.29 is 9.53 Å². The maximum Gasteiger partial charge on any atom is 0.226 e. The van der Waals surface area contributed by atoms with Crippen molar-refractivity contribution in [1.82, 2.24) is 20.1 Å². The Morgan fingerprint density at radius 3 is 2.71 bits per heavy atom. The van der Waals surface area contributed by atoms with Crippen molar-refractivity contribution >= 4 is 5.91 Å². The molecule has 1 aliphatic heterocycles. The van der Waals surface area contributed by atoms with E-state index in [-0.39, 0.29) is 17.9 Å². The fraction of sp³-hybridized carbons (Fsp3) is 0.800. The van der Waals surface area contributed by atoms with Crippen LogP contribution in [0.5, 0.6) is 0 Å². The summed E-state index contributed by atoms with van der Waals surface area (Å²) >= 11 is 0. The number of carbonyl (C=O) groups excluding carboxylic acids is 1. The average Bonchev–Trinajstić information content (AvgIpc) is 3.40. The maximum absolute atomic E-state index is 12.2. The summed E-state index contributed by atoms with van der Waals surface area (Å²) in [4.78, 5) is 12.2. The lowest BCUT2D eigenvalue weighted by Gasteiger charge is -2.14. The predicted octanol–water partition coefficient (Wildman–Crippen LogP) is 1.53. The molecule has 0 bridgehead atoms. The summed E-state index contributed by atoms with van der Waals surface area (Å²) in [6, 6.07) is 0.566. The first kappa shape index (κ1) is 13.2. The van der Waals surface area contributed by atoms with Crippen LogP contribution in [0.1, 0.15) is 62.6 Å². The van der Waals surface area contributed by atoms with Crippen molar-refractivity contribution in [2.75, 3.05) is 6.61 Å². The van der Waals surface area contributed by atoms with E-state index in [1.54, 1.807) is 0 Å². The fourth-order valence-corrected chi connectivity index (χ4v) is 3.18. The fourth-order valence-electron chi connectivity index (χ4n) is 3.18. The molecular weight excluding hydrogens is 268 g/mol. The highest BCUT2D eigenvalue weighted by Gasteiger charge is 2.36. The van der Waals surface area contributed by atoms with Gasteiger partial charge in [0.1, 0.15) is 5.82 Å². The van der Waals surface area contributed by atoms with Crippen LogP contribution in [0.25, 0.3) is 0 Å². The number of hydrogen-bond donors (Lipinski definition) is 1. The molecule has 114 valence electrons. The quantitative estimate of drug-likeness (QED) is 0.893. The molecule has 2 aliphatic carbocycles. The van der Waals surface area contributed by atoms with Gasteiger partial charge in [-0.25, -0.2) is 0 Å². The van der Waals surface area contributed by atoms with Gasteiger partial charge in [-0.15, -0.1) is 10.2 Å². The van der Waals surface area contributed by atoms with E-state index in [9.17, 15) is 4.79 Å². The highest BCUT2D eigenvalue weighted by Crippen LogP contribution is 2.44. The second-order valence-electron chi connectivity index (χ2n) is 6.54. The molecule has 2 heterocycles. The second-order valence-corrected chi connectivity index (χ2v) is 6.54. The van der Waals surface area contributed by atoms with E-state index in [0.29, 0.717) is 25.1 Å². The van der Waals surface area contributed by atoms with Gasteiger partial charge in [-0.3, -0.25) is 4.79 Å². The summed E-state index contributed by atoms with van der Waals surface area (Å²) in [6.45, 7) is 3.14. The number of amides is 1. The normalized spacial score (nSPS) is 28.8. The minimum Gasteiger partial charge on any atom is -0.378 e. The third-order valence-electron chi connectivity index (χ3n) is 4.78. The van der Waals surface area contributed by atoms with Crippen LogP contribution in [0.15, 0.2) is 0 Å². The highest BCUT2D eigenvalue weighted by molar-refractivity contribution is 5.79. The summed E-state index contributed by atoms with van der Waals surface area (Å²) in [5.74, 6) is 2.72. The molecule has 3 fully saturated rings. The Morgan fingerprint density at radius 1 is 1.29 bits per heavy atom. The molecule has 0 radical (unpaired) electrons. The van der Waals surface area contributed by atoms with Crippen molar-refractivity contribution in [3.8, 4) is 0 Å². The minimum absolute atomic E-state index is 0.0216. The zero-order valence-electron chi connectivity index (χ0n) is 12.4. The minimum atomic E-state index is -0.0230. The van der Waals surface area contributed by atoms with Gasteiger partial charge in [0.15, 0.2) is 5.82 Å². The van der Waals surface area contributed by atoms with Gasteiger partial charge < -0.3 is 14.6 Å². The molecule has 6 nitrogen and oxygen atoms in total. The molecule has 0 unspecified atom stereocenters. The molecule has 2 saturated carbocycles. The molecular formula is C15H22N4O2. The Balaban J connectivity index is 1.43. The topological polar surface area (TPSA) is 69.0 Å². The molecule has 21 heavy (non-hydrogen) atoms. The summed E-state index contributed by atoms with van der Waals surface area (Å²) in [5, 5.41) is 11.7. The third kappa shape index (κ3) is 2.57. The number of carbonyl (C=O) groups is 1. The maximum atomic E-state index is 12.2. The average molecular weight is 290 g/mol. The van der Waals surface area contributed by atoms with E-state index >= 15 is 0 Å². The Bertz CT molecular complexity index is 548. The van der Waals surface area contributed by atoms with E-state index in [4.69, 9.17) is 4.74 Å². The van der Waals surface area contributed by atoms with E-state index < -0.39 is 0 Å². The van der Waals surface area contributed by atoms with E-state index in [2.05, 4.69) is 20.1 Å². The van der Waals surface area contributed by atoms with Crippen molar-refractivity contribution in [3.63, 3.8) is 0 Å². The van der Waals surface area contributed by atoms with E-state index in [0.717, 1.165) is 18.1 Å². The first-order valence-corrected chi connectivity index (χ1v) is 8.07. The largest absolute Gasteiger partial charge is 0.378 e. The second kappa shape index (κ2) is 5.09. The van der Waals surface area contributed by atoms with Crippen LogP contribution in [0, 0.1) is 5.92 Å². The van der Waals surface area contributed by atoms with Crippen LogP contribution in [0.2, 0.25) is 0 Å². The van der Waals surface area contributed by atoms with Crippen LogP contribution in [0.4, 0.5) is 0 Å². The molecule has 1 aromatic rings. The summed E-state index contributed by atoms with van der Waals surface area (Å²) < 4.78 is 7.74. The van der Waals surface area contributed by atoms with Crippen LogP contribution in [-0.2, 0) is 16.1 Å². The predicted molar refractivity (Wildman–Crippen MR) is 75.6 cm³/mol. The van der Waals surface area contributed by atoms with Crippen molar-refractivity contribution in [1.29, 1.82) is 0 Å². The molecule has 4 rings (SSSR count). The molecule has 2 atom stereocenters. The van der Waals surface area contributed by atoms with Crippen LogP contribution < -0.4 is 5.32 Å². The van der Waals surface area contributed by atoms with Gasteiger partial charge in [0.05, 0.1) is 18.6 Å². The molecule has 3 aliphatic rings. The first-order valence-electron chi connectivity index (χ1n) is 8.07. The molecule has 0 aromatic carbocycles. The number of aromatic nitrogens is 3. The van der Waals surface area contributed by atoms with Gasteiger partial charge in [-0.05, 0) is 39.0 Å². The van der Waals surface area contributed by atoms with Gasteiger partial charge in [-0.2, -0.15) is 0 Å². The number of nitrogens with one attached hydrogen (secondary N) is 1. The van der Waals surface area contributed by atoms with Crippen molar-refractivity contribution in [2.24, 2.45) is 5.92 Å². The van der Waals surface area contributed by atoms with E-state index in [1.165, 1.54) is 25.7 Å². The molecule has 1 amide bonds. The Morgan fingerprint density at radius 2 is 2.10 bits per heavy atom. The van der Waals surface area contributed by atoms with Gasteiger partial charge in [0.2, 0.25) is 5.91 Å². The third-order valence-corrected chi connectivity index (χ3v) is 4.78. The zero-order valence-corrected chi connectivity index (χ0v) is 12.4. The van der Waals surface area contributed by atoms with Crippen LogP contribution >= 0.6 is 0 Å².